The van der Waals surface area contributed by atoms with Crippen molar-refractivity contribution in [2.45, 2.75) is 84.5 Å². The van der Waals surface area contributed by atoms with Gasteiger partial charge in [-0.05, 0) is 41.5 Å². The zero-order valence-electron chi connectivity index (χ0n) is 17.1. The van der Waals surface area contributed by atoms with Gasteiger partial charge in [0.2, 0.25) is 0 Å². The second kappa shape index (κ2) is 9.03. The number of carbonyl (C=O) groups is 5. The van der Waals surface area contributed by atoms with Crippen LogP contribution in [0.5, 0.6) is 0 Å². The molecule has 10 heteroatoms. The summed E-state index contributed by atoms with van der Waals surface area (Å²) in [5, 5.41) is 2.82. The van der Waals surface area contributed by atoms with E-state index in [1.54, 1.807) is 41.5 Å². The van der Waals surface area contributed by atoms with E-state index in [9.17, 15) is 24.0 Å². The lowest BCUT2D eigenvalue weighted by Gasteiger charge is -2.25. The van der Waals surface area contributed by atoms with Crippen LogP contribution < -0.4 is 5.32 Å². The monoisotopic (exact) mass is 400 g/mol. The van der Waals surface area contributed by atoms with Crippen LogP contribution >= 0.6 is 0 Å². The molecule has 0 saturated carbocycles. The van der Waals surface area contributed by atoms with Crippen molar-refractivity contribution in [3.05, 3.63) is 0 Å². The molecular formula is C18H28N2O8. The third kappa shape index (κ3) is 8.83. The molecule has 0 aromatic carbocycles. The molecule has 0 unspecified atom stereocenters. The summed E-state index contributed by atoms with van der Waals surface area (Å²) in [7, 11) is 0. The van der Waals surface area contributed by atoms with Crippen LogP contribution in [0.4, 0.5) is 4.79 Å². The van der Waals surface area contributed by atoms with Crippen molar-refractivity contribution in [2.75, 3.05) is 0 Å². The van der Waals surface area contributed by atoms with Gasteiger partial charge in [-0.3, -0.25) is 14.4 Å². The van der Waals surface area contributed by atoms with Crippen LogP contribution in [0.25, 0.3) is 0 Å². The lowest BCUT2D eigenvalue weighted by Crippen LogP contribution is -2.43. The largest absolute Gasteiger partial charge is 0.460 e. The molecule has 158 valence electrons. The Morgan fingerprint density at radius 2 is 1.36 bits per heavy atom. The van der Waals surface area contributed by atoms with Crippen LogP contribution in [0.3, 0.4) is 0 Å². The molecule has 1 N–H and O–H groups in total. The van der Waals surface area contributed by atoms with Gasteiger partial charge in [0.25, 0.3) is 11.8 Å². The van der Waals surface area contributed by atoms with E-state index < -0.39 is 53.5 Å². The van der Waals surface area contributed by atoms with Crippen molar-refractivity contribution in [1.82, 2.24) is 10.4 Å². The van der Waals surface area contributed by atoms with Gasteiger partial charge in [-0.1, -0.05) is 0 Å². The Hall–Kier alpha value is -2.65. The van der Waals surface area contributed by atoms with Gasteiger partial charge in [-0.25, -0.2) is 9.59 Å². The highest BCUT2D eigenvalue weighted by atomic mass is 16.7. The number of alkyl carbamates (subject to hydrolysis) is 1. The summed E-state index contributed by atoms with van der Waals surface area (Å²) in [6.45, 7) is 10.0. The second-order valence-corrected chi connectivity index (χ2v) is 8.38. The molecule has 1 aliphatic heterocycles. The first kappa shape index (κ1) is 23.4. The maximum absolute atomic E-state index is 12.1. The topological polar surface area (TPSA) is 128 Å². The quantitative estimate of drug-likeness (QED) is 0.526. The molecule has 1 aliphatic rings. The van der Waals surface area contributed by atoms with Gasteiger partial charge in [-0.2, -0.15) is 0 Å². The number of amides is 3. The van der Waals surface area contributed by atoms with Crippen LogP contribution in [-0.2, 0) is 33.5 Å². The standard InChI is InChI=1S/C18H28N2O8/c1-17(2,3)26-14(23)9-11(19-16(25)27-18(4,5)6)10-15(24)28-20-12(21)7-8-13(20)22/h11H,7-10H2,1-6H3,(H,19,25)/t11-/m1/s1. The Kier molecular flexibility index (Phi) is 7.54. The number of rotatable bonds is 6. The molecule has 0 aromatic rings. The zero-order valence-corrected chi connectivity index (χ0v) is 17.1. The van der Waals surface area contributed by atoms with Crippen molar-refractivity contribution in [3.8, 4) is 0 Å². The molecule has 3 amide bonds. The molecule has 28 heavy (non-hydrogen) atoms. The smallest absolute Gasteiger partial charge is 0.407 e. The Balaban J connectivity index is 2.76. The molecule has 0 spiro atoms. The van der Waals surface area contributed by atoms with Gasteiger partial charge >= 0.3 is 18.0 Å². The fraction of sp³-hybridized carbons (Fsp3) is 0.722. The Labute approximate surface area is 163 Å². The Morgan fingerprint density at radius 1 is 0.893 bits per heavy atom. The fourth-order valence-electron chi connectivity index (χ4n) is 2.23. The lowest BCUT2D eigenvalue weighted by molar-refractivity contribution is -0.198. The molecule has 1 rings (SSSR count). The van der Waals surface area contributed by atoms with Crippen molar-refractivity contribution in [2.24, 2.45) is 0 Å². The molecule has 1 saturated heterocycles. The summed E-state index contributed by atoms with van der Waals surface area (Å²) in [5.74, 6) is -2.84. The van der Waals surface area contributed by atoms with Gasteiger partial charge in [0.05, 0.1) is 18.9 Å². The first-order chi connectivity index (χ1) is 12.7. The number of hydrogen-bond donors (Lipinski definition) is 1. The average molecular weight is 400 g/mol. The maximum Gasteiger partial charge on any atom is 0.407 e. The van der Waals surface area contributed by atoms with E-state index in [4.69, 9.17) is 14.3 Å². The van der Waals surface area contributed by atoms with Crippen molar-refractivity contribution >= 4 is 29.8 Å². The van der Waals surface area contributed by atoms with Crippen LogP contribution in [0.1, 0.15) is 67.2 Å². The minimum atomic E-state index is -1.01. The highest BCUT2D eigenvalue weighted by molar-refractivity contribution is 6.01. The maximum atomic E-state index is 12.1. The minimum Gasteiger partial charge on any atom is -0.460 e. The highest BCUT2D eigenvalue weighted by Gasteiger charge is 2.34. The SMILES string of the molecule is CC(C)(C)OC(=O)C[C@H](CC(=O)ON1C(=O)CCC1=O)NC(=O)OC(C)(C)C. The van der Waals surface area contributed by atoms with Gasteiger partial charge in [0, 0.05) is 12.8 Å². The van der Waals surface area contributed by atoms with Gasteiger partial charge in [-0.15, -0.1) is 5.06 Å². The molecule has 0 bridgehead atoms. The molecule has 0 aromatic heterocycles. The third-order valence-electron chi connectivity index (χ3n) is 3.17. The number of esters is 1. The summed E-state index contributed by atoms with van der Waals surface area (Å²) >= 11 is 0. The highest BCUT2D eigenvalue weighted by Crippen LogP contribution is 2.15. The van der Waals surface area contributed by atoms with Gasteiger partial charge < -0.3 is 19.6 Å². The van der Waals surface area contributed by atoms with Crippen LogP contribution in [0.15, 0.2) is 0 Å². The van der Waals surface area contributed by atoms with Crippen LogP contribution in [-0.4, -0.2) is 52.2 Å². The van der Waals surface area contributed by atoms with E-state index in [0.29, 0.717) is 5.06 Å². The average Bonchev–Trinajstić information content (AvgIpc) is 2.74. The van der Waals surface area contributed by atoms with Gasteiger partial charge in [0.15, 0.2) is 0 Å². The Bertz CT molecular complexity index is 599. The number of nitrogens with zero attached hydrogens (tertiary/aromatic N) is 1. The summed E-state index contributed by atoms with van der Waals surface area (Å²) in [4.78, 5) is 64.1. The molecular weight excluding hydrogens is 372 g/mol. The third-order valence-corrected chi connectivity index (χ3v) is 3.17. The summed E-state index contributed by atoms with van der Waals surface area (Å²) in [6.07, 6.45) is -1.70. The molecule has 1 fully saturated rings. The number of nitrogens with one attached hydrogen (secondary N) is 1. The molecule has 10 nitrogen and oxygen atoms in total. The normalized spacial score (nSPS) is 15.9. The molecule has 0 radical (unpaired) electrons. The first-order valence-electron chi connectivity index (χ1n) is 8.94. The summed E-state index contributed by atoms with van der Waals surface area (Å²) in [6, 6.07) is -1.01. The van der Waals surface area contributed by atoms with E-state index >= 15 is 0 Å². The van der Waals surface area contributed by atoms with E-state index in [-0.39, 0.29) is 19.3 Å². The van der Waals surface area contributed by atoms with Crippen LogP contribution in [0, 0.1) is 0 Å². The summed E-state index contributed by atoms with van der Waals surface area (Å²) in [5.41, 5.74) is -1.53. The van der Waals surface area contributed by atoms with Crippen LogP contribution in [0.2, 0.25) is 0 Å². The van der Waals surface area contributed by atoms with E-state index in [0.717, 1.165) is 0 Å². The predicted octanol–water partition coefficient (Wildman–Crippen LogP) is 1.61. The number of hydroxylamine groups is 2. The lowest BCUT2D eigenvalue weighted by atomic mass is 10.1. The molecule has 1 atom stereocenters. The number of ether oxygens (including phenoxy) is 2. The second-order valence-electron chi connectivity index (χ2n) is 8.38. The molecule has 0 aliphatic carbocycles. The Morgan fingerprint density at radius 3 is 1.82 bits per heavy atom. The van der Waals surface area contributed by atoms with Crippen molar-refractivity contribution < 1.29 is 38.3 Å². The van der Waals surface area contributed by atoms with E-state index in [1.807, 2.05) is 0 Å². The summed E-state index contributed by atoms with van der Waals surface area (Å²) < 4.78 is 10.3. The number of imide groups is 1. The minimum absolute atomic E-state index is 0.0381. The van der Waals surface area contributed by atoms with Crippen molar-refractivity contribution in [1.29, 1.82) is 0 Å². The fourth-order valence-corrected chi connectivity index (χ4v) is 2.23. The van der Waals surface area contributed by atoms with E-state index in [2.05, 4.69) is 5.32 Å². The zero-order chi connectivity index (χ0) is 21.7. The van der Waals surface area contributed by atoms with E-state index in [1.165, 1.54) is 0 Å². The molecule has 1 heterocycles. The number of carbonyl (C=O) groups excluding carboxylic acids is 5. The predicted molar refractivity (Wildman–Crippen MR) is 95.4 cm³/mol. The number of hydrogen-bond acceptors (Lipinski definition) is 8. The van der Waals surface area contributed by atoms with Crippen molar-refractivity contribution in [3.63, 3.8) is 0 Å². The first-order valence-corrected chi connectivity index (χ1v) is 8.94. The van der Waals surface area contributed by atoms with Gasteiger partial charge in [0.1, 0.15) is 11.2 Å².